The maximum Gasteiger partial charge on any atom is 0.0777 e. The summed E-state index contributed by atoms with van der Waals surface area (Å²) in [6.45, 7) is 15.4. The fraction of sp³-hybridized carbons (Fsp3) is 1.00. The van der Waals surface area contributed by atoms with Gasteiger partial charge in [0.25, 0.3) is 0 Å². The number of rotatable bonds is 1. The Kier molecular flexibility index (Phi) is 4.86. The summed E-state index contributed by atoms with van der Waals surface area (Å²) in [5.41, 5.74) is -0.108. The Morgan fingerprint density at radius 3 is 2.15 bits per heavy atom. The van der Waals surface area contributed by atoms with Gasteiger partial charge in [0.15, 0.2) is 0 Å². The van der Waals surface area contributed by atoms with Gasteiger partial charge in [-0.1, -0.05) is 41.5 Å². The molecule has 0 aromatic heterocycles. The van der Waals surface area contributed by atoms with Crippen molar-refractivity contribution in [3.8, 4) is 0 Å². The minimum absolute atomic E-state index is 0.0380. The standard InChI is InChI=1S/C30H50O4/c1-24(2)13-14-29-18-34-30(21(29)15-24)12-8-20-25(3)10-9-22(32)26(4,17-31)19(25)7-11-27(20,5)28(30,6)16-23(29)33/h19-23,31-33H,7-18H2,1-6H3/t19-,20+,21+,22-,23+,25-,26-,27+,28-,29+,30-/m0/s1. The van der Waals surface area contributed by atoms with E-state index in [1.165, 1.54) is 19.3 Å². The van der Waals surface area contributed by atoms with Crippen molar-refractivity contribution in [2.24, 2.45) is 50.2 Å². The van der Waals surface area contributed by atoms with E-state index in [1.54, 1.807) is 0 Å². The minimum Gasteiger partial charge on any atom is -0.396 e. The van der Waals surface area contributed by atoms with E-state index in [0.29, 0.717) is 23.2 Å². The average Bonchev–Trinajstić information content (AvgIpc) is 3.04. The van der Waals surface area contributed by atoms with Gasteiger partial charge in [0.1, 0.15) is 0 Å². The quantitative estimate of drug-likeness (QED) is 0.481. The van der Waals surface area contributed by atoms with Gasteiger partial charge in [-0.15, -0.1) is 0 Å². The number of aliphatic hydroxyl groups excluding tert-OH is 3. The predicted octanol–water partition coefficient (Wildman–Crippen LogP) is 5.32. The third kappa shape index (κ3) is 2.46. The van der Waals surface area contributed by atoms with Gasteiger partial charge in [-0.3, -0.25) is 0 Å². The third-order valence-corrected chi connectivity index (χ3v) is 14.3. The highest BCUT2D eigenvalue weighted by Gasteiger charge is 2.79. The molecule has 4 heteroatoms. The van der Waals surface area contributed by atoms with Crippen molar-refractivity contribution in [2.75, 3.05) is 13.2 Å². The van der Waals surface area contributed by atoms with Gasteiger partial charge in [0.05, 0.1) is 31.0 Å². The van der Waals surface area contributed by atoms with E-state index >= 15 is 0 Å². The molecule has 1 saturated heterocycles. The molecule has 5 saturated carbocycles. The van der Waals surface area contributed by atoms with Crippen LogP contribution in [0.4, 0.5) is 0 Å². The Hall–Kier alpha value is -0.160. The topological polar surface area (TPSA) is 69.9 Å². The lowest BCUT2D eigenvalue weighted by Gasteiger charge is -2.75. The van der Waals surface area contributed by atoms with Crippen molar-refractivity contribution in [1.29, 1.82) is 0 Å². The highest BCUT2D eigenvalue weighted by atomic mass is 16.5. The van der Waals surface area contributed by atoms with E-state index in [9.17, 15) is 15.3 Å². The molecule has 34 heavy (non-hydrogen) atoms. The molecule has 6 rings (SSSR count). The smallest absolute Gasteiger partial charge is 0.0777 e. The molecule has 11 atom stereocenters. The zero-order valence-corrected chi connectivity index (χ0v) is 22.6. The van der Waals surface area contributed by atoms with E-state index < -0.39 is 11.5 Å². The van der Waals surface area contributed by atoms with Crippen LogP contribution in [0, 0.1) is 50.2 Å². The second-order valence-corrected chi connectivity index (χ2v) is 15.7. The lowest BCUT2D eigenvalue weighted by Crippen LogP contribution is -2.74. The molecule has 0 aromatic carbocycles. The summed E-state index contributed by atoms with van der Waals surface area (Å²) >= 11 is 0. The summed E-state index contributed by atoms with van der Waals surface area (Å²) in [5, 5.41) is 33.3. The molecular weight excluding hydrogens is 424 g/mol. The third-order valence-electron chi connectivity index (χ3n) is 14.3. The lowest BCUT2D eigenvalue weighted by molar-refractivity contribution is -0.300. The lowest BCUT2D eigenvalue weighted by atomic mass is 9.30. The molecule has 0 unspecified atom stereocenters. The molecule has 3 N–H and O–H groups in total. The highest BCUT2D eigenvalue weighted by Crippen LogP contribution is 2.80. The highest BCUT2D eigenvalue weighted by molar-refractivity contribution is 5.28. The van der Waals surface area contributed by atoms with Crippen molar-refractivity contribution < 1.29 is 20.1 Å². The number of ether oxygens (including phenoxy) is 1. The van der Waals surface area contributed by atoms with Crippen LogP contribution in [0.2, 0.25) is 0 Å². The maximum atomic E-state index is 11.9. The van der Waals surface area contributed by atoms with Crippen LogP contribution in [0.15, 0.2) is 0 Å². The summed E-state index contributed by atoms with van der Waals surface area (Å²) in [4.78, 5) is 0. The number of hydrogen-bond acceptors (Lipinski definition) is 4. The van der Waals surface area contributed by atoms with Crippen LogP contribution in [0.3, 0.4) is 0 Å². The summed E-state index contributed by atoms with van der Waals surface area (Å²) in [6, 6.07) is 0. The molecule has 1 aliphatic heterocycles. The second-order valence-electron chi connectivity index (χ2n) is 15.7. The summed E-state index contributed by atoms with van der Waals surface area (Å²) in [6.07, 6.45) is 9.95. The first-order chi connectivity index (χ1) is 15.7. The molecule has 0 aromatic rings. The van der Waals surface area contributed by atoms with Gasteiger partial charge in [-0.2, -0.15) is 0 Å². The molecular formula is C30H50O4. The molecule has 0 radical (unpaired) electrons. The van der Waals surface area contributed by atoms with Gasteiger partial charge in [0, 0.05) is 16.2 Å². The van der Waals surface area contributed by atoms with Crippen LogP contribution in [-0.4, -0.2) is 46.3 Å². The van der Waals surface area contributed by atoms with Crippen LogP contribution in [0.25, 0.3) is 0 Å². The van der Waals surface area contributed by atoms with Crippen LogP contribution in [0.5, 0.6) is 0 Å². The van der Waals surface area contributed by atoms with Crippen LogP contribution < -0.4 is 0 Å². The zero-order chi connectivity index (χ0) is 24.6. The van der Waals surface area contributed by atoms with Crippen LogP contribution >= 0.6 is 0 Å². The maximum absolute atomic E-state index is 11.9. The zero-order valence-electron chi connectivity index (χ0n) is 22.6. The first-order valence-electron chi connectivity index (χ1n) is 14.4. The van der Waals surface area contributed by atoms with Crippen molar-refractivity contribution >= 4 is 0 Å². The predicted molar refractivity (Wildman–Crippen MR) is 133 cm³/mol. The Bertz CT molecular complexity index is 872. The Balaban J connectivity index is 1.45. The monoisotopic (exact) mass is 474 g/mol. The van der Waals surface area contributed by atoms with E-state index in [2.05, 4.69) is 41.5 Å². The fourth-order valence-corrected chi connectivity index (χ4v) is 12.1. The molecule has 6 aliphatic rings. The molecule has 4 nitrogen and oxygen atoms in total. The van der Waals surface area contributed by atoms with Gasteiger partial charge < -0.3 is 20.1 Å². The van der Waals surface area contributed by atoms with Crippen LogP contribution in [-0.2, 0) is 4.74 Å². The Labute approximate surface area is 207 Å². The summed E-state index contributed by atoms with van der Waals surface area (Å²) in [7, 11) is 0. The normalized spacial score (nSPS) is 62.2. The van der Waals surface area contributed by atoms with Crippen molar-refractivity contribution in [1.82, 2.24) is 0 Å². The number of hydrogen-bond donors (Lipinski definition) is 3. The minimum atomic E-state index is -0.414. The first-order valence-corrected chi connectivity index (χ1v) is 14.4. The molecule has 0 amide bonds. The molecule has 194 valence electrons. The molecule has 6 fully saturated rings. The fourth-order valence-electron chi connectivity index (χ4n) is 12.1. The molecule has 1 spiro atoms. The first kappa shape index (κ1) is 24.2. The Morgan fingerprint density at radius 2 is 1.44 bits per heavy atom. The van der Waals surface area contributed by atoms with E-state index in [-0.39, 0.29) is 40.0 Å². The summed E-state index contributed by atoms with van der Waals surface area (Å²) < 4.78 is 7.10. The van der Waals surface area contributed by atoms with E-state index in [4.69, 9.17) is 4.74 Å². The summed E-state index contributed by atoms with van der Waals surface area (Å²) in [5.74, 6) is 1.33. The number of aliphatic hydroxyl groups is 3. The van der Waals surface area contributed by atoms with Crippen molar-refractivity contribution in [3.63, 3.8) is 0 Å². The van der Waals surface area contributed by atoms with Crippen molar-refractivity contribution in [3.05, 3.63) is 0 Å². The van der Waals surface area contributed by atoms with Gasteiger partial charge in [-0.05, 0) is 98.2 Å². The Morgan fingerprint density at radius 1 is 0.735 bits per heavy atom. The second kappa shape index (κ2) is 6.83. The van der Waals surface area contributed by atoms with Crippen molar-refractivity contribution in [2.45, 2.75) is 124 Å². The van der Waals surface area contributed by atoms with Crippen LogP contribution in [0.1, 0.15) is 106 Å². The van der Waals surface area contributed by atoms with Gasteiger partial charge in [0.2, 0.25) is 0 Å². The average molecular weight is 475 g/mol. The van der Waals surface area contributed by atoms with Gasteiger partial charge in [-0.25, -0.2) is 0 Å². The van der Waals surface area contributed by atoms with E-state index in [0.717, 1.165) is 51.6 Å². The molecule has 1 heterocycles. The molecule has 5 aliphatic carbocycles. The van der Waals surface area contributed by atoms with E-state index in [1.807, 2.05) is 0 Å². The number of fused-ring (bicyclic) bond motifs is 4. The van der Waals surface area contributed by atoms with Gasteiger partial charge >= 0.3 is 0 Å². The largest absolute Gasteiger partial charge is 0.396 e. The molecule has 2 bridgehead atoms. The SMILES string of the molecule is CC1(C)CC[C@]23CO[C@@]4(CC[C@@H]5[C@@]6(C)CC[C@H](O)[C@@](C)(CO)[C@H]6CC[C@@]5(C)[C@]4(C)C[C@H]2O)[C@@H]3C1.